The number of ether oxygens (including phenoxy) is 1. The van der Waals surface area contributed by atoms with Gasteiger partial charge in [0.1, 0.15) is 16.4 Å². The van der Waals surface area contributed by atoms with Gasteiger partial charge in [0.25, 0.3) is 0 Å². The van der Waals surface area contributed by atoms with Crippen LogP contribution in [0.1, 0.15) is 34.0 Å². The Labute approximate surface area is 228 Å². The number of anilines is 1. The molecule has 3 aromatic carbocycles. The molecule has 39 heavy (non-hydrogen) atoms. The molecule has 0 aliphatic carbocycles. The largest absolute Gasteiger partial charge is 0.456 e. The van der Waals surface area contributed by atoms with E-state index in [9.17, 15) is 23.3 Å². The maximum Gasteiger partial charge on any atom is 0.324 e. The highest BCUT2D eigenvalue weighted by atomic mass is 32.2. The van der Waals surface area contributed by atoms with Crippen molar-refractivity contribution in [1.29, 1.82) is 5.26 Å². The number of rotatable bonds is 6. The summed E-state index contributed by atoms with van der Waals surface area (Å²) in [6.45, 7) is 5.83. The van der Waals surface area contributed by atoms with Crippen LogP contribution in [0.4, 0.5) is 10.5 Å². The number of ketones is 1. The second kappa shape index (κ2) is 11.3. The molecule has 3 aromatic rings. The molecule has 10 heteroatoms. The minimum atomic E-state index is -4.03. The van der Waals surface area contributed by atoms with Gasteiger partial charge in [0.2, 0.25) is 10.0 Å². The highest BCUT2D eigenvalue weighted by Crippen LogP contribution is 2.33. The number of Topliss-reactive ketones (excluding diaryl/α,β-unsaturated/α-hetero) is 1. The van der Waals surface area contributed by atoms with Gasteiger partial charge in [-0.1, -0.05) is 18.2 Å². The van der Waals surface area contributed by atoms with Crippen molar-refractivity contribution in [3.8, 4) is 17.6 Å². The Morgan fingerprint density at radius 2 is 1.62 bits per heavy atom. The van der Waals surface area contributed by atoms with Crippen molar-refractivity contribution in [1.82, 2.24) is 9.21 Å². The van der Waals surface area contributed by atoms with Crippen molar-refractivity contribution in [2.24, 2.45) is 0 Å². The van der Waals surface area contributed by atoms with E-state index >= 15 is 0 Å². The molecule has 1 aliphatic heterocycles. The Morgan fingerprint density at radius 3 is 2.23 bits per heavy atom. The number of piperazine rings is 1. The zero-order chi connectivity index (χ0) is 28.3. The van der Waals surface area contributed by atoms with Crippen LogP contribution in [0.2, 0.25) is 0 Å². The summed E-state index contributed by atoms with van der Waals surface area (Å²) in [6, 6.07) is 18.4. The van der Waals surface area contributed by atoms with Crippen molar-refractivity contribution in [3.63, 3.8) is 0 Å². The van der Waals surface area contributed by atoms with Crippen molar-refractivity contribution >= 4 is 27.5 Å². The summed E-state index contributed by atoms with van der Waals surface area (Å²) < 4.78 is 34.8. The monoisotopic (exact) mass is 546 g/mol. The Hall–Kier alpha value is -4.20. The second-order valence-electron chi connectivity index (χ2n) is 9.54. The van der Waals surface area contributed by atoms with Gasteiger partial charge in [-0.05, 0) is 74.4 Å². The fourth-order valence-electron chi connectivity index (χ4n) is 4.50. The van der Waals surface area contributed by atoms with Gasteiger partial charge in [-0.15, -0.1) is 0 Å². The third-order valence-electron chi connectivity index (χ3n) is 6.55. The normalized spacial score (nSPS) is 14.0. The lowest BCUT2D eigenvalue weighted by Gasteiger charge is -2.36. The lowest BCUT2D eigenvalue weighted by atomic mass is 10.1. The molecule has 4 rings (SSSR count). The van der Waals surface area contributed by atoms with Crippen LogP contribution in [-0.2, 0) is 10.0 Å². The van der Waals surface area contributed by atoms with Crippen LogP contribution in [0.5, 0.6) is 11.5 Å². The predicted molar refractivity (Wildman–Crippen MR) is 148 cm³/mol. The van der Waals surface area contributed by atoms with E-state index in [4.69, 9.17) is 4.74 Å². The lowest BCUT2D eigenvalue weighted by Crippen LogP contribution is -2.53. The van der Waals surface area contributed by atoms with Crippen molar-refractivity contribution < 1.29 is 22.7 Å². The predicted octanol–water partition coefficient (Wildman–Crippen LogP) is 4.73. The molecule has 9 nitrogen and oxygen atoms in total. The van der Waals surface area contributed by atoms with Gasteiger partial charge in [-0.3, -0.25) is 9.69 Å². The van der Waals surface area contributed by atoms with E-state index in [-0.39, 0.29) is 54.2 Å². The van der Waals surface area contributed by atoms with Gasteiger partial charge in [-0.2, -0.15) is 9.57 Å². The molecule has 0 unspecified atom stereocenters. The van der Waals surface area contributed by atoms with Crippen LogP contribution in [0.3, 0.4) is 0 Å². The van der Waals surface area contributed by atoms with Crippen LogP contribution in [0, 0.1) is 25.2 Å². The molecule has 1 heterocycles. The molecule has 2 amide bonds. The number of aryl methyl sites for hydroxylation is 2. The first-order valence-electron chi connectivity index (χ1n) is 12.4. The van der Waals surface area contributed by atoms with Crippen molar-refractivity contribution in [2.45, 2.75) is 25.7 Å². The summed E-state index contributed by atoms with van der Waals surface area (Å²) in [5, 5.41) is 9.41. The molecule has 0 bridgehead atoms. The number of amides is 2. The van der Waals surface area contributed by atoms with Gasteiger partial charge < -0.3 is 9.64 Å². The smallest absolute Gasteiger partial charge is 0.324 e. The average Bonchev–Trinajstić information content (AvgIpc) is 2.92. The topological polar surface area (TPSA) is 111 Å². The van der Waals surface area contributed by atoms with E-state index in [2.05, 4.69) is 0 Å². The number of hydrogen-bond donors (Lipinski definition) is 0. The number of hydrogen-bond acceptors (Lipinski definition) is 6. The van der Waals surface area contributed by atoms with Gasteiger partial charge in [-0.25, -0.2) is 13.2 Å². The maximum atomic E-state index is 13.7. The van der Waals surface area contributed by atoms with Crippen molar-refractivity contribution in [2.75, 3.05) is 38.1 Å². The molecule has 1 fully saturated rings. The Morgan fingerprint density at radius 1 is 0.949 bits per heavy atom. The summed E-state index contributed by atoms with van der Waals surface area (Å²) in [6.07, 6.45) is 0. The van der Waals surface area contributed by atoms with E-state index in [1.54, 1.807) is 36.2 Å². The first-order chi connectivity index (χ1) is 18.5. The molecular formula is C29H30N4O5S. The number of benzene rings is 3. The molecular weight excluding hydrogens is 516 g/mol. The molecule has 1 saturated heterocycles. The van der Waals surface area contributed by atoms with Crippen LogP contribution in [0.15, 0.2) is 65.6 Å². The minimum Gasteiger partial charge on any atom is -0.456 e. The lowest BCUT2D eigenvalue weighted by molar-refractivity contribution is 0.101. The van der Waals surface area contributed by atoms with Gasteiger partial charge in [0.05, 0.1) is 11.6 Å². The molecule has 0 atom stereocenters. The van der Waals surface area contributed by atoms with E-state index in [0.717, 1.165) is 11.1 Å². The standard InChI is InChI=1S/C29H30N4O5S/c1-20-14-21(2)16-26(15-20)38-27-9-8-23(19-30)17-28(27)39(36,37)33-12-10-32(11-13-33)29(35)31(4)25-7-5-6-24(18-25)22(3)34/h5-9,14-18H,10-13H2,1-4H3. The first kappa shape index (κ1) is 27.8. The van der Waals surface area contributed by atoms with E-state index in [1.807, 2.05) is 38.1 Å². The Balaban J connectivity index is 1.53. The van der Waals surface area contributed by atoms with Gasteiger partial charge in [0.15, 0.2) is 5.78 Å². The average molecular weight is 547 g/mol. The fraction of sp³-hybridized carbons (Fsp3) is 0.276. The van der Waals surface area contributed by atoms with Crippen LogP contribution < -0.4 is 9.64 Å². The van der Waals surface area contributed by atoms with Crippen LogP contribution in [-0.4, -0.2) is 62.7 Å². The third kappa shape index (κ3) is 6.11. The summed E-state index contributed by atoms with van der Waals surface area (Å²) in [5.41, 5.74) is 3.22. The summed E-state index contributed by atoms with van der Waals surface area (Å²) >= 11 is 0. The van der Waals surface area contributed by atoms with E-state index < -0.39 is 10.0 Å². The summed E-state index contributed by atoms with van der Waals surface area (Å²) in [4.78, 5) is 27.8. The number of nitriles is 1. The van der Waals surface area contributed by atoms with Gasteiger partial charge in [0, 0.05) is 44.5 Å². The van der Waals surface area contributed by atoms with E-state index in [1.165, 1.54) is 34.3 Å². The summed E-state index contributed by atoms with van der Waals surface area (Å²) in [7, 11) is -2.41. The molecule has 0 saturated carbocycles. The van der Waals surface area contributed by atoms with Crippen LogP contribution >= 0.6 is 0 Å². The first-order valence-corrected chi connectivity index (χ1v) is 13.9. The Bertz CT molecular complexity index is 1550. The van der Waals surface area contributed by atoms with Gasteiger partial charge >= 0.3 is 6.03 Å². The highest BCUT2D eigenvalue weighted by Gasteiger charge is 2.33. The minimum absolute atomic E-state index is 0.0785. The summed E-state index contributed by atoms with van der Waals surface area (Å²) in [5.74, 6) is 0.529. The maximum absolute atomic E-state index is 13.7. The second-order valence-corrected chi connectivity index (χ2v) is 11.4. The molecule has 0 spiro atoms. The molecule has 202 valence electrons. The molecule has 0 aromatic heterocycles. The number of carbonyl (C=O) groups excluding carboxylic acids is 2. The molecule has 1 aliphatic rings. The zero-order valence-corrected chi connectivity index (χ0v) is 23.2. The quantitative estimate of drug-likeness (QED) is 0.413. The number of urea groups is 1. The number of carbonyl (C=O) groups is 2. The number of sulfonamides is 1. The highest BCUT2D eigenvalue weighted by molar-refractivity contribution is 7.89. The van der Waals surface area contributed by atoms with E-state index in [0.29, 0.717) is 17.0 Å². The molecule has 0 N–H and O–H groups in total. The SMILES string of the molecule is CC(=O)c1cccc(N(C)C(=O)N2CCN(S(=O)(=O)c3cc(C#N)ccc3Oc3cc(C)cc(C)c3)CC2)c1. The van der Waals surface area contributed by atoms with Crippen LogP contribution in [0.25, 0.3) is 0 Å². The fourth-order valence-corrected chi connectivity index (χ4v) is 6.06. The third-order valence-corrected chi connectivity index (χ3v) is 8.47. The Kier molecular flexibility index (Phi) is 8.04. The molecule has 0 radical (unpaired) electrons. The number of nitrogens with zero attached hydrogens (tertiary/aromatic N) is 4. The van der Waals surface area contributed by atoms with Crippen molar-refractivity contribution in [3.05, 3.63) is 82.9 Å². The zero-order valence-electron chi connectivity index (χ0n) is 22.3.